The summed E-state index contributed by atoms with van der Waals surface area (Å²) >= 11 is 6.26. The summed E-state index contributed by atoms with van der Waals surface area (Å²) in [5.41, 5.74) is 3.35. The molecule has 0 bridgehead atoms. The number of aryl methyl sites for hydroxylation is 2. The van der Waals surface area contributed by atoms with E-state index in [0.29, 0.717) is 11.4 Å². The molecule has 2 aromatic heterocycles. The molecule has 0 aliphatic rings. The van der Waals surface area contributed by atoms with Crippen LogP contribution in [0.1, 0.15) is 23.1 Å². The molecule has 3 aromatic rings. The lowest BCUT2D eigenvalue weighted by Gasteiger charge is -2.14. The summed E-state index contributed by atoms with van der Waals surface area (Å²) in [6, 6.07) is 9.64. The molecule has 0 fully saturated rings. The van der Waals surface area contributed by atoms with E-state index < -0.39 is 6.10 Å². The Hall–Kier alpha value is -1.91. The van der Waals surface area contributed by atoms with Gasteiger partial charge in [0.2, 0.25) is 0 Å². The standard InChI is InChI=1S/C16H16ClN3O/c1-10-16(17)14(20(2)19-10)9-15(21)12-7-8-18-13-6-4-3-5-11(12)13/h3-8,15,21H,9H2,1-2H3. The molecule has 1 aromatic carbocycles. The Balaban J connectivity index is 1.99. The smallest absolute Gasteiger partial charge is 0.0852 e. The highest BCUT2D eigenvalue weighted by atomic mass is 35.5. The first-order valence-corrected chi connectivity index (χ1v) is 7.15. The van der Waals surface area contributed by atoms with Crippen molar-refractivity contribution in [2.24, 2.45) is 7.05 Å². The number of pyridine rings is 1. The lowest BCUT2D eigenvalue weighted by molar-refractivity contribution is 0.177. The first kappa shape index (κ1) is 14.0. The van der Waals surface area contributed by atoms with E-state index in [-0.39, 0.29) is 0 Å². The maximum absolute atomic E-state index is 10.6. The predicted octanol–water partition coefficient (Wildman–Crippen LogP) is 3.21. The summed E-state index contributed by atoms with van der Waals surface area (Å²) in [4.78, 5) is 4.32. The molecule has 0 saturated carbocycles. The van der Waals surface area contributed by atoms with Crippen LogP contribution in [-0.4, -0.2) is 19.9 Å². The molecule has 1 N–H and O–H groups in total. The molecule has 0 spiro atoms. The van der Waals surface area contributed by atoms with Gasteiger partial charge in [-0.05, 0) is 24.6 Å². The molecule has 1 atom stereocenters. The monoisotopic (exact) mass is 301 g/mol. The average Bonchev–Trinajstić information content (AvgIpc) is 2.73. The summed E-state index contributed by atoms with van der Waals surface area (Å²) < 4.78 is 1.73. The van der Waals surface area contributed by atoms with E-state index in [4.69, 9.17) is 11.6 Å². The van der Waals surface area contributed by atoms with Gasteiger partial charge in [-0.1, -0.05) is 29.8 Å². The van der Waals surface area contributed by atoms with Gasteiger partial charge >= 0.3 is 0 Å². The van der Waals surface area contributed by atoms with Crippen molar-refractivity contribution < 1.29 is 5.11 Å². The van der Waals surface area contributed by atoms with E-state index in [9.17, 15) is 5.11 Å². The number of hydrogen-bond acceptors (Lipinski definition) is 3. The average molecular weight is 302 g/mol. The lowest BCUT2D eigenvalue weighted by Crippen LogP contribution is -2.07. The number of aromatic nitrogens is 3. The molecule has 21 heavy (non-hydrogen) atoms. The van der Waals surface area contributed by atoms with Crippen molar-refractivity contribution in [1.82, 2.24) is 14.8 Å². The molecular formula is C16H16ClN3O. The van der Waals surface area contributed by atoms with Crippen molar-refractivity contribution in [2.45, 2.75) is 19.4 Å². The number of para-hydroxylation sites is 1. The largest absolute Gasteiger partial charge is 0.388 e. The van der Waals surface area contributed by atoms with Gasteiger partial charge in [-0.25, -0.2) is 0 Å². The van der Waals surface area contributed by atoms with Crippen molar-refractivity contribution in [3.63, 3.8) is 0 Å². The van der Waals surface area contributed by atoms with Gasteiger partial charge in [0.1, 0.15) is 0 Å². The zero-order valence-corrected chi connectivity index (χ0v) is 12.7. The van der Waals surface area contributed by atoms with Crippen molar-refractivity contribution in [3.8, 4) is 0 Å². The molecule has 2 heterocycles. The van der Waals surface area contributed by atoms with Gasteiger partial charge in [0.15, 0.2) is 0 Å². The van der Waals surface area contributed by atoms with Crippen LogP contribution in [-0.2, 0) is 13.5 Å². The third-order valence-corrected chi connectivity index (χ3v) is 4.18. The van der Waals surface area contributed by atoms with Gasteiger partial charge < -0.3 is 5.11 Å². The summed E-state index contributed by atoms with van der Waals surface area (Å²) in [5.74, 6) is 0. The minimum atomic E-state index is -0.648. The number of rotatable bonds is 3. The van der Waals surface area contributed by atoms with Crippen molar-refractivity contribution >= 4 is 22.5 Å². The number of aliphatic hydroxyl groups is 1. The predicted molar refractivity (Wildman–Crippen MR) is 83.4 cm³/mol. The van der Waals surface area contributed by atoms with E-state index in [2.05, 4.69) is 10.1 Å². The zero-order valence-electron chi connectivity index (χ0n) is 11.9. The fourth-order valence-corrected chi connectivity index (χ4v) is 2.84. The van der Waals surface area contributed by atoms with Crippen LogP contribution in [0.4, 0.5) is 0 Å². The molecule has 1 unspecified atom stereocenters. The zero-order chi connectivity index (χ0) is 15.0. The second kappa shape index (κ2) is 5.47. The van der Waals surface area contributed by atoms with Gasteiger partial charge in [0.05, 0.1) is 28.0 Å². The minimum Gasteiger partial charge on any atom is -0.388 e. The minimum absolute atomic E-state index is 0.421. The van der Waals surface area contributed by atoms with Crippen molar-refractivity contribution in [1.29, 1.82) is 0 Å². The van der Waals surface area contributed by atoms with Crippen molar-refractivity contribution in [2.75, 3.05) is 0 Å². The molecule has 4 nitrogen and oxygen atoms in total. The third kappa shape index (κ3) is 2.52. The Kier molecular flexibility index (Phi) is 3.66. The van der Waals surface area contributed by atoms with E-state index in [1.807, 2.05) is 44.3 Å². The summed E-state index contributed by atoms with van der Waals surface area (Å²) in [6.07, 6.45) is 1.49. The first-order chi connectivity index (χ1) is 10.1. The van der Waals surface area contributed by atoms with E-state index in [0.717, 1.165) is 27.9 Å². The second-order valence-corrected chi connectivity index (χ2v) is 5.48. The molecule has 0 aliphatic heterocycles. The maximum Gasteiger partial charge on any atom is 0.0852 e. The van der Waals surface area contributed by atoms with E-state index in [1.165, 1.54) is 0 Å². The van der Waals surface area contributed by atoms with E-state index in [1.54, 1.807) is 10.9 Å². The molecule has 0 radical (unpaired) electrons. The molecule has 5 heteroatoms. The number of fused-ring (bicyclic) bond motifs is 1. The Bertz CT molecular complexity index is 792. The highest BCUT2D eigenvalue weighted by molar-refractivity contribution is 6.31. The van der Waals surface area contributed by atoms with Crippen LogP contribution in [0.25, 0.3) is 10.9 Å². The Labute approximate surface area is 128 Å². The summed E-state index contributed by atoms with van der Waals surface area (Å²) in [6.45, 7) is 1.86. The van der Waals surface area contributed by atoms with Gasteiger partial charge in [-0.2, -0.15) is 5.10 Å². The normalized spacial score (nSPS) is 12.8. The SMILES string of the molecule is Cc1nn(C)c(CC(O)c2ccnc3ccccc23)c1Cl. The molecule has 3 rings (SSSR count). The fraction of sp³-hybridized carbons (Fsp3) is 0.250. The molecule has 0 aliphatic carbocycles. The lowest BCUT2D eigenvalue weighted by atomic mass is 10.0. The van der Waals surface area contributed by atoms with Crippen LogP contribution in [0.15, 0.2) is 36.5 Å². The van der Waals surface area contributed by atoms with Gasteiger partial charge in [0, 0.05) is 25.1 Å². The number of aliphatic hydroxyl groups excluding tert-OH is 1. The maximum atomic E-state index is 10.6. The van der Waals surface area contributed by atoms with Crippen LogP contribution in [0.2, 0.25) is 5.02 Å². The van der Waals surface area contributed by atoms with Crippen LogP contribution >= 0.6 is 11.6 Å². The topological polar surface area (TPSA) is 50.9 Å². The third-order valence-electron chi connectivity index (χ3n) is 3.69. The highest BCUT2D eigenvalue weighted by Crippen LogP contribution is 2.28. The molecule has 108 valence electrons. The van der Waals surface area contributed by atoms with Gasteiger partial charge in [-0.3, -0.25) is 9.67 Å². The van der Waals surface area contributed by atoms with Crippen LogP contribution in [0.3, 0.4) is 0 Å². The molecule has 0 saturated heterocycles. The van der Waals surface area contributed by atoms with E-state index >= 15 is 0 Å². The van der Waals surface area contributed by atoms with Gasteiger partial charge in [-0.15, -0.1) is 0 Å². The Morgan fingerprint density at radius 3 is 2.76 bits per heavy atom. The van der Waals surface area contributed by atoms with Crippen molar-refractivity contribution in [3.05, 3.63) is 58.5 Å². The molecular weight excluding hydrogens is 286 g/mol. The second-order valence-electron chi connectivity index (χ2n) is 5.11. The van der Waals surface area contributed by atoms with Gasteiger partial charge in [0.25, 0.3) is 0 Å². The molecule has 0 amide bonds. The summed E-state index contributed by atoms with van der Waals surface area (Å²) in [7, 11) is 1.84. The van der Waals surface area contributed by atoms with Crippen LogP contribution < -0.4 is 0 Å². The number of halogens is 1. The fourth-order valence-electron chi connectivity index (χ4n) is 2.60. The van der Waals surface area contributed by atoms with Crippen LogP contribution in [0.5, 0.6) is 0 Å². The van der Waals surface area contributed by atoms with Crippen LogP contribution in [0, 0.1) is 6.92 Å². The summed E-state index contributed by atoms with van der Waals surface area (Å²) in [5, 5.41) is 16.5. The number of nitrogens with zero attached hydrogens (tertiary/aromatic N) is 3. The Morgan fingerprint density at radius 1 is 1.29 bits per heavy atom. The quantitative estimate of drug-likeness (QED) is 0.808. The number of benzene rings is 1. The number of hydrogen-bond donors (Lipinski definition) is 1. The Morgan fingerprint density at radius 2 is 2.05 bits per heavy atom. The highest BCUT2D eigenvalue weighted by Gasteiger charge is 2.18. The first-order valence-electron chi connectivity index (χ1n) is 6.77.